The van der Waals surface area contributed by atoms with E-state index < -0.39 is 0 Å². The van der Waals surface area contributed by atoms with E-state index in [1.54, 1.807) is 0 Å². The van der Waals surface area contributed by atoms with Gasteiger partial charge in [0.1, 0.15) is 5.82 Å². The van der Waals surface area contributed by atoms with Gasteiger partial charge in [0.15, 0.2) is 0 Å². The van der Waals surface area contributed by atoms with Crippen LogP contribution in [0.2, 0.25) is 0 Å². The number of fused-ring (bicyclic) bond motifs is 1. The molecule has 0 atom stereocenters. The lowest BCUT2D eigenvalue weighted by Gasteiger charge is -2.18. The molecule has 1 aromatic rings. The van der Waals surface area contributed by atoms with E-state index in [4.69, 9.17) is 5.73 Å². The number of rotatable bonds is 2. The zero-order valence-electron chi connectivity index (χ0n) is 9.06. The van der Waals surface area contributed by atoms with Crippen molar-refractivity contribution < 1.29 is 0 Å². The number of aromatic amines is 1. The summed E-state index contributed by atoms with van der Waals surface area (Å²) in [7, 11) is 0. The van der Waals surface area contributed by atoms with E-state index in [2.05, 4.69) is 23.8 Å². The van der Waals surface area contributed by atoms with Gasteiger partial charge < -0.3 is 10.7 Å². The van der Waals surface area contributed by atoms with Gasteiger partial charge in [-0.1, -0.05) is 13.8 Å². The number of aryl methyl sites for hydroxylation is 2. The lowest BCUT2D eigenvalue weighted by Crippen LogP contribution is -2.29. The van der Waals surface area contributed by atoms with Gasteiger partial charge in [-0.25, -0.2) is 4.98 Å². The number of H-pyrrole nitrogens is 1. The van der Waals surface area contributed by atoms with Gasteiger partial charge in [-0.15, -0.1) is 0 Å². The molecule has 0 saturated heterocycles. The van der Waals surface area contributed by atoms with Crippen LogP contribution in [0.5, 0.6) is 0 Å². The Morgan fingerprint density at radius 1 is 1.36 bits per heavy atom. The van der Waals surface area contributed by atoms with Gasteiger partial charge in [0, 0.05) is 17.7 Å². The van der Waals surface area contributed by atoms with Gasteiger partial charge in [-0.2, -0.15) is 0 Å². The van der Waals surface area contributed by atoms with Crippen LogP contribution < -0.4 is 5.73 Å². The number of hydrogen-bond donors (Lipinski definition) is 2. The summed E-state index contributed by atoms with van der Waals surface area (Å²) in [5.41, 5.74) is 8.33. The van der Waals surface area contributed by atoms with Crippen molar-refractivity contribution in [1.82, 2.24) is 9.97 Å². The smallest absolute Gasteiger partial charge is 0.113 e. The van der Waals surface area contributed by atoms with Crippen LogP contribution >= 0.6 is 0 Å². The van der Waals surface area contributed by atoms with Gasteiger partial charge in [-0.3, -0.25) is 0 Å². The fraction of sp³-hybridized carbons (Fsp3) is 0.727. The van der Waals surface area contributed by atoms with Crippen LogP contribution in [0.4, 0.5) is 0 Å². The second kappa shape index (κ2) is 3.39. The van der Waals surface area contributed by atoms with Crippen LogP contribution in [0.25, 0.3) is 0 Å². The molecule has 3 heteroatoms. The molecule has 1 aromatic heterocycles. The van der Waals surface area contributed by atoms with E-state index in [-0.39, 0.29) is 5.41 Å². The third-order valence-electron chi connectivity index (χ3n) is 3.11. The molecule has 0 spiro atoms. The average molecular weight is 193 g/mol. The van der Waals surface area contributed by atoms with Crippen molar-refractivity contribution in [3.63, 3.8) is 0 Å². The molecule has 3 N–H and O–H groups in total. The number of hydrogen-bond acceptors (Lipinski definition) is 2. The van der Waals surface area contributed by atoms with E-state index in [0.29, 0.717) is 6.54 Å². The maximum atomic E-state index is 5.74. The minimum absolute atomic E-state index is 0.0165. The van der Waals surface area contributed by atoms with Crippen molar-refractivity contribution in [2.75, 3.05) is 6.54 Å². The maximum Gasteiger partial charge on any atom is 0.113 e. The third kappa shape index (κ3) is 1.57. The quantitative estimate of drug-likeness (QED) is 0.748. The first-order valence-corrected chi connectivity index (χ1v) is 5.42. The molecule has 0 aliphatic heterocycles. The Balaban J connectivity index is 2.32. The predicted molar refractivity (Wildman–Crippen MR) is 57.3 cm³/mol. The summed E-state index contributed by atoms with van der Waals surface area (Å²) in [5, 5.41) is 0. The normalized spacial score (nSPS) is 16.8. The number of nitrogens with two attached hydrogens (primary N) is 1. The molecule has 14 heavy (non-hydrogen) atoms. The third-order valence-corrected chi connectivity index (χ3v) is 3.11. The van der Waals surface area contributed by atoms with Crippen LogP contribution in [0.3, 0.4) is 0 Å². The first-order chi connectivity index (χ1) is 6.63. The summed E-state index contributed by atoms with van der Waals surface area (Å²) in [6, 6.07) is 0. The molecule has 0 radical (unpaired) electrons. The van der Waals surface area contributed by atoms with Gasteiger partial charge in [0.2, 0.25) is 0 Å². The summed E-state index contributed by atoms with van der Waals surface area (Å²) in [6.07, 6.45) is 4.85. The van der Waals surface area contributed by atoms with E-state index in [0.717, 1.165) is 18.7 Å². The van der Waals surface area contributed by atoms with Gasteiger partial charge in [-0.05, 0) is 25.7 Å². The molecule has 2 rings (SSSR count). The number of nitrogens with zero attached hydrogens (tertiary/aromatic N) is 1. The van der Waals surface area contributed by atoms with Crippen molar-refractivity contribution in [3.05, 3.63) is 17.2 Å². The fourth-order valence-electron chi connectivity index (χ4n) is 1.87. The summed E-state index contributed by atoms with van der Waals surface area (Å²) < 4.78 is 0. The van der Waals surface area contributed by atoms with Crippen molar-refractivity contribution in [1.29, 1.82) is 0 Å². The van der Waals surface area contributed by atoms with Crippen LogP contribution in [-0.4, -0.2) is 16.5 Å². The molecule has 0 unspecified atom stereocenters. The molecular weight excluding hydrogens is 174 g/mol. The molecule has 3 nitrogen and oxygen atoms in total. The number of aromatic nitrogens is 2. The molecule has 0 fully saturated rings. The van der Waals surface area contributed by atoms with E-state index in [1.165, 1.54) is 24.2 Å². The molecule has 0 aromatic carbocycles. The predicted octanol–water partition coefficient (Wildman–Crippen LogP) is 1.52. The highest BCUT2D eigenvalue weighted by molar-refractivity contribution is 5.21. The minimum Gasteiger partial charge on any atom is -0.345 e. The van der Waals surface area contributed by atoms with Crippen LogP contribution in [0.15, 0.2) is 0 Å². The van der Waals surface area contributed by atoms with Crippen molar-refractivity contribution in [3.8, 4) is 0 Å². The molecule has 1 heterocycles. The molecule has 0 bridgehead atoms. The zero-order valence-corrected chi connectivity index (χ0v) is 9.06. The SMILES string of the molecule is CC(C)(CN)c1nc2c([nH]1)CCCC2. The zero-order chi connectivity index (χ0) is 10.2. The van der Waals surface area contributed by atoms with Crippen molar-refractivity contribution in [2.24, 2.45) is 5.73 Å². The minimum atomic E-state index is -0.0165. The molecule has 1 aliphatic carbocycles. The molecule has 0 amide bonds. The summed E-state index contributed by atoms with van der Waals surface area (Å²) >= 11 is 0. The van der Waals surface area contributed by atoms with E-state index in [9.17, 15) is 0 Å². The van der Waals surface area contributed by atoms with Gasteiger partial charge in [0.25, 0.3) is 0 Å². The highest BCUT2D eigenvalue weighted by atomic mass is 15.0. The second-order valence-corrected chi connectivity index (χ2v) is 4.81. The monoisotopic (exact) mass is 193 g/mol. The standard InChI is InChI=1S/C11H19N3/c1-11(2,7-12)10-13-8-5-3-4-6-9(8)14-10/h3-7,12H2,1-2H3,(H,13,14). The molecule has 1 aliphatic rings. The van der Waals surface area contributed by atoms with E-state index >= 15 is 0 Å². The van der Waals surface area contributed by atoms with Crippen LogP contribution in [0, 0.1) is 0 Å². The largest absolute Gasteiger partial charge is 0.345 e. The lowest BCUT2D eigenvalue weighted by atomic mass is 9.93. The Morgan fingerprint density at radius 2 is 2.07 bits per heavy atom. The lowest BCUT2D eigenvalue weighted by molar-refractivity contribution is 0.506. The Morgan fingerprint density at radius 3 is 2.71 bits per heavy atom. The highest BCUT2D eigenvalue weighted by Gasteiger charge is 2.25. The molecule has 0 saturated carbocycles. The number of imidazole rings is 1. The first-order valence-electron chi connectivity index (χ1n) is 5.42. The highest BCUT2D eigenvalue weighted by Crippen LogP contribution is 2.24. The van der Waals surface area contributed by atoms with Gasteiger partial charge >= 0.3 is 0 Å². The van der Waals surface area contributed by atoms with Crippen LogP contribution in [0.1, 0.15) is 43.9 Å². The Kier molecular flexibility index (Phi) is 2.35. The van der Waals surface area contributed by atoms with Crippen LogP contribution in [-0.2, 0) is 18.3 Å². The molecular formula is C11H19N3. The maximum absolute atomic E-state index is 5.74. The average Bonchev–Trinajstić information content (AvgIpc) is 2.61. The summed E-state index contributed by atoms with van der Waals surface area (Å²) in [4.78, 5) is 8.09. The molecule has 78 valence electrons. The first kappa shape index (κ1) is 9.71. The Hall–Kier alpha value is -0.830. The number of nitrogens with one attached hydrogen (secondary N) is 1. The Bertz CT molecular complexity index is 302. The topological polar surface area (TPSA) is 54.7 Å². The van der Waals surface area contributed by atoms with E-state index in [1.807, 2.05) is 0 Å². The second-order valence-electron chi connectivity index (χ2n) is 4.81. The van der Waals surface area contributed by atoms with Crippen molar-refractivity contribution >= 4 is 0 Å². The fourth-order valence-corrected chi connectivity index (χ4v) is 1.87. The summed E-state index contributed by atoms with van der Waals surface area (Å²) in [6.45, 7) is 4.91. The van der Waals surface area contributed by atoms with Gasteiger partial charge in [0.05, 0.1) is 5.69 Å². The Labute approximate surface area is 85.1 Å². The van der Waals surface area contributed by atoms with Crippen molar-refractivity contribution in [2.45, 2.75) is 44.9 Å². The summed E-state index contributed by atoms with van der Waals surface area (Å²) in [5.74, 6) is 1.06.